The summed E-state index contributed by atoms with van der Waals surface area (Å²) in [6.07, 6.45) is -0.550. The van der Waals surface area contributed by atoms with Gasteiger partial charge < -0.3 is 29.9 Å². The first-order valence-corrected chi connectivity index (χ1v) is 16.1. The summed E-state index contributed by atoms with van der Waals surface area (Å²) in [6.45, 7) is 6.41. The van der Waals surface area contributed by atoms with Crippen molar-refractivity contribution in [1.29, 1.82) is 0 Å². The van der Waals surface area contributed by atoms with Crippen LogP contribution < -0.4 is 15.0 Å². The van der Waals surface area contributed by atoms with Crippen molar-refractivity contribution in [1.82, 2.24) is 25.1 Å². The van der Waals surface area contributed by atoms with Crippen molar-refractivity contribution in [2.75, 3.05) is 46.2 Å². The molecule has 0 radical (unpaired) electrons. The molecular formula is C35H45ClN6O5. The molecule has 252 valence electrons. The number of hydrazine groups is 1. The molecule has 2 N–H and O–H groups in total. The van der Waals surface area contributed by atoms with Gasteiger partial charge in [0.1, 0.15) is 23.7 Å². The molecule has 2 aliphatic rings. The largest absolute Gasteiger partial charge is 0.508 e. The molecule has 0 aliphatic carbocycles. The molecule has 3 aromatic rings. The van der Waals surface area contributed by atoms with Crippen molar-refractivity contribution >= 4 is 35.1 Å². The lowest BCUT2D eigenvalue weighted by Gasteiger charge is -2.54. The third-order valence-electron chi connectivity index (χ3n) is 8.32. The van der Waals surface area contributed by atoms with Gasteiger partial charge in [-0.2, -0.15) is 0 Å². The van der Waals surface area contributed by atoms with Crippen LogP contribution >= 0.6 is 11.6 Å². The molecule has 2 unspecified atom stereocenters. The van der Waals surface area contributed by atoms with Crippen LogP contribution in [-0.2, 0) is 29.1 Å². The van der Waals surface area contributed by atoms with Crippen LogP contribution in [0.4, 0.5) is 10.5 Å². The van der Waals surface area contributed by atoms with Crippen molar-refractivity contribution < 1.29 is 24.2 Å². The molecule has 0 aromatic heterocycles. The number of para-hydroxylation sites is 2. The predicted molar refractivity (Wildman–Crippen MR) is 183 cm³/mol. The summed E-state index contributed by atoms with van der Waals surface area (Å²) >= 11 is 6.56. The smallest absolute Gasteiger partial charge is 0.334 e. The fourth-order valence-corrected chi connectivity index (χ4v) is 6.66. The van der Waals surface area contributed by atoms with E-state index in [1.165, 1.54) is 5.01 Å². The van der Waals surface area contributed by atoms with Gasteiger partial charge in [0.2, 0.25) is 11.8 Å². The van der Waals surface area contributed by atoms with Gasteiger partial charge in [-0.05, 0) is 41.8 Å². The Morgan fingerprint density at radius 2 is 1.70 bits per heavy atom. The second-order valence-electron chi connectivity index (χ2n) is 11.6. The number of halogens is 1. The summed E-state index contributed by atoms with van der Waals surface area (Å²) in [5.74, 6) is 0.324. The zero-order chi connectivity index (χ0) is 34.4. The predicted octanol–water partition coefficient (Wildman–Crippen LogP) is 4.64. The van der Waals surface area contributed by atoms with Crippen LogP contribution in [0.2, 0.25) is 5.02 Å². The highest BCUT2D eigenvalue weighted by Gasteiger charge is 2.50. The van der Waals surface area contributed by atoms with Crippen LogP contribution in [0.15, 0.2) is 60.7 Å². The number of piperazine rings is 1. The number of benzene rings is 3. The summed E-state index contributed by atoms with van der Waals surface area (Å²) in [7, 11) is 7.07. The van der Waals surface area contributed by atoms with Crippen LogP contribution in [0.1, 0.15) is 36.1 Å². The molecule has 2 aliphatic heterocycles. The van der Waals surface area contributed by atoms with Gasteiger partial charge in [0.15, 0.2) is 0 Å². The summed E-state index contributed by atoms with van der Waals surface area (Å²) < 4.78 is 5.57. The van der Waals surface area contributed by atoms with E-state index in [2.05, 4.69) is 5.32 Å². The average molecular weight is 665 g/mol. The number of fused-ring (bicyclic) bond motifs is 1. The number of rotatable bonds is 8. The van der Waals surface area contributed by atoms with Crippen molar-refractivity contribution in [2.45, 2.75) is 52.5 Å². The molecule has 11 nitrogen and oxygen atoms in total. The van der Waals surface area contributed by atoms with Crippen LogP contribution in [0.3, 0.4) is 0 Å². The minimum absolute atomic E-state index is 0.0733. The Morgan fingerprint density at radius 1 is 1.04 bits per heavy atom. The highest BCUT2D eigenvalue weighted by molar-refractivity contribution is 6.33. The molecule has 4 amide bonds. The number of amides is 4. The van der Waals surface area contributed by atoms with Gasteiger partial charge in [-0.3, -0.25) is 9.59 Å². The Balaban J connectivity index is 0.00000245. The van der Waals surface area contributed by atoms with Gasteiger partial charge in [-0.25, -0.2) is 14.8 Å². The number of nitrogens with zero attached hydrogens (tertiary/aromatic N) is 5. The molecule has 2 atom stereocenters. The number of aromatic hydroxyl groups is 1. The van der Waals surface area contributed by atoms with E-state index < -0.39 is 18.2 Å². The summed E-state index contributed by atoms with van der Waals surface area (Å²) in [4.78, 5) is 46.9. The molecule has 12 heteroatoms. The van der Waals surface area contributed by atoms with E-state index in [1.54, 1.807) is 59.3 Å². The zero-order valence-corrected chi connectivity index (χ0v) is 28.9. The number of phenolic OH excluding ortho intramolecular Hbond substituents is 1. The third-order valence-corrected chi connectivity index (χ3v) is 8.62. The molecule has 0 saturated carbocycles. The number of carbonyl (C=O) groups is 3. The third kappa shape index (κ3) is 7.58. The summed E-state index contributed by atoms with van der Waals surface area (Å²) in [5.41, 5.74) is 4.19. The number of aryl methyl sites for hydroxylation is 1. The van der Waals surface area contributed by atoms with Crippen molar-refractivity contribution in [3.63, 3.8) is 0 Å². The highest BCUT2D eigenvalue weighted by Crippen LogP contribution is 2.33. The summed E-state index contributed by atoms with van der Waals surface area (Å²) in [6, 6.07) is 16.6. The first-order valence-electron chi connectivity index (χ1n) is 15.7. The molecular weight excluding hydrogens is 620 g/mol. The topological polar surface area (TPSA) is 109 Å². The first-order chi connectivity index (χ1) is 22.5. The van der Waals surface area contributed by atoms with Crippen LogP contribution in [-0.4, -0.2) is 96.3 Å². The number of nitrogens with one attached hydrogen (secondary N) is 1. The molecule has 2 fully saturated rings. The van der Waals surface area contributed by atoms with Gasteiger partial charge in [-0.1, -0.05) is 67.9 Å². The fraction of sp³-hybridized carbons (Fsp3) is 0.400. The number of hydrogen-bond donors (Lipinski definition) is 2. The second kappa shape index (κ2) is 15.4. The Kier molecular flexibility index (Phi) is 11.6. The van der Waals surface area contributed by atoms with Crippen LogP contribution in [0.25, 0.3) is 0 Å². The van der Waals surface area contributed by atoms with Gasteiger partial charge >= 0.3 is 6.03 Å². The monoisotopic (exact) mass is 664 g/mol. The molecule has 2 heterocycles. The highest BCUT2D eigenvalue weighted by atomic mass is 35.5. The molecule has 3 aromatic carbocycles. The lowest BCUT2D eigenvalue weighted by atomic mass is 9.98. The number of phenols is 1. The Labute approximate surface area is 282 Å². The van der Waals surface area contributed by atoms with E-state index in [1.807, 2.05) is 70.1 Å². The normalized spacial score (nSPS) is 17.9. The molecule has 2 saturated heterocycles. The van der Waals surface area contributed by atoms with Gasteiger partial charge in [0.25, 0.3) is 0 Å². The lowest BCUT2D eigenvalue weighted by Crippen LogP contribution is -2.76. The van der Waals surface area contributed by atoms with E-state index >= 15 is 0 Å². The minimum Gasteiger partial charge on any atom is -0.508 e. The molecule has 5 rings (SSSR count). The van der Waals surface area contributed by atoms with Crippen molar-refractivity contribution in [3.05, 3.63) is 87.9 Å². The molecule has 0 spiro atoms. The van der Waals surface area contributed by atoms with Gasteiger partial charge in [0.05, 0.1) is 30.9 Å². The number of hydrogen-bond acceptors (Lipinski definition) is 7. The first kappa shape index (κ1) is 35.4. The van der Waals surface area contributed by atoms with Crippen LogP contribution in [0.5, 0.6) is 11.5 Å². The number of anilines is 1. The second-order valence-corrected chi connectivity index (χ2v) is 12.0. The van der Waals surface area contributed by atoms with E-state index in [0.29, 0.717) is 10.8 Å². The van der Waals surface area contributed by atoms with Gasteiger partial charge in [0, 0.05) is 46.2 Å². The number of urea groups is 1. The van der Waals surface area contributed by atoms with E-state index in [-0.39, 0.29) is 50.2 Å². The SMILES string of the molecule is CC.COc1c(C)cccc1CNC(=O)N1C2CN(Cc3cccc(Cl)c3N(C)C)C(=O)C(Cc3ccc(O)cc3)N2C(=O)CN1C. The Bertz CT molecular complexity index is 1580. The number of likely N-dealkylation sites (N-methyl/N-ethyl adjacent to an activating group) is 1. The standard InChI is InChI=1S/C33H39ClN6O5.C2H6/c1-21-8-6-9-23(31(21)45-5)17-35-33(44)40-28-19-38(18-24-10-7-11-26(34)30(24)36(2)3)32(43)27(39(28)29(42)20-37(40)4)16-22-12-14-25(41)15-13-22;1-2/h6-15,27-28,41H,16-20H2,1-5H3,(H,35,44);1-2H3. The van der Waals surface area contributed by atoms with Gasteiger partial charge in [-0.15, -0.1) is 0 Å². The van der Waals surface area contributed by atoms with Crippen molar-refractivity contribution in [3.8, 4) is 11.5 Å². The Morgan fingerprint density at radius 3 is 2.36 bits per heavy atom. The minimum atomic E-state index is -0.872. The lowest BCUT2D eigenvalue weighted by molar-refractivity contribution is -0.187. The zero-order valence-electron chi connectivity index (χ0n) is 28.2. The number of ether oxygens (including phenoxy) is 1. The van der Waals surface area contributed by atoms with Crippen molar-refractivity contribution in [2.24, 2.45) is 0 Å². The Hall–Kier alpha value is -4.48. The van der Waals surface area contributed by atoms with E-state index in [4.69, 9.17) is 16.3 Å². The molecule has 0 bridgehead atoms. The number of methoxy groups -OCH3 is 1. The quantitative estimate of drug-likeness (QED) is 0.361. The average Bonchev–Trinajstić information content (AvgIpc) is 3.03. The summed E-state index contributed by atoms with van der Waals surface area (Å²) in [5, 5.41) is 16.5. The van der Waals surface area contributed by atoms with E-state index in [9.17, 15) is 19.5 Å². The number of carbonyl (C=O) groups excluding carboxylic acids is 3. The molecule has 47 heavy (non-hydrogen) atoms. The maximum absolute atomic E-state index is 14.2. The maximum atomic E-state index is 14.2. The van der Waals surface area contributed by atoms with Crippen LogP contribution in [0, 0.1) is 6.92 Å². The maximum Gasteiger partial charge on any atom is 0.334 e. The van der Waals surface area contributed by atoms with E-state index in [0.717, 1.165) is 27.9 Å². The fourth-order valence-electron chi connectivity index (χ4n) is 6.29.